The highest BCUT2D eigenvalue weighted by Gasteiger charge is 2.26. The molecule has 5 nitrogen and oxygen atoms in total. The molecule has 0 unspecified atom stereocenters. The van der Waals surface area contributed by atoms with Crippen LogP contribution < -0.4 is 5.32 Å². The van der Waals surface area contributed by atoms with Crippen molar-refractivity contribution in [3.05, 3.63) is 59.5 Å². The Morgan fingerprint density at radius 1 is 1.11 bits per heavy atom. The molecule has 4 rings (SSSR count). The van der Waals surface area contributed by atoms with Gasteiger partial charge in [0.1, 0.15) is 5.76 Å². The number of aryl methyl sites for hydroxylation is 3. The minimum atomic E-state index is -0.279. The largest absolute Gasteiger partial charge is 0.361 e. The zero-order valence-electron chi connectivity index (χ0n) is 16.7. The Kier molecular flexibility index (Phi) is 4.67. The fraction of sp³-hybridized carbons (Fsp3) is 0.304. The molecule has 2 aromatic carbocycles. The van der Waals surface area contributed by atoms with Crippen LogP contribution in [0, 0.1) is 13.8 Å². The summed E-state index contributed by atoms with van der Waals surface area (Å²) in [5.74, 6) is 0.398. The molecule has 1 N–H and O–H groups in total. The number of fused-ring (bicyclic) bond motifs is 3. The summed E-state index contributed by atoms with van der Waals surface area (Å²) in [6.07, 6.45) is 0.687. The maximum absolute atomic E-state index is 13.0. The molecule has 0 aliphatic carbocycles. The molecule has 1 amide bonds. The number of carbonyl (C=O) groups excluding carboxylic acids is 1. The topological polar surface area (TPSA) is 60.1 Å². The van der Waals surface area contributed by atoms with Crippen molar-refractivity contribution >= 4 is 33.4 Å². The van der Waals surface area contributed by atoms with Gasteiger partial charge in [-0.1, -0.05) is 30.3 Å². The Labute approximate surface area is 164 Å². The van der Waals surface area contributed by atoms with Gasteiger partial charge in [0.2, 0.25) is 5.91 Å². The average Bonchev–Trinajstić information content (AvgIpc) is 3.20. The second-order valence-electron chi connectivity index (χ2n) is 7.18. The maximum atomic E-state index is 13.0. The van der Waals surface area contributed by atoms with Crippen LogP contribution in [0.15, 0.2) is 47.0 Å². The standard InChI is InChI=1S/C23H25N3O2/c1-5-17(22-14(3)25-28-15(22)4)23(27)24-16-11-12-21-19(13-16)18-9-7-8-10-20(18)26(21)6-2/h7-13,17H,5-6H2,1-4H3,(H,24,27)/t17-/m0/s1. The summed E-state index contributed by atoms with van der Waals surface area (Å²) in [6.45, 7) is 8.80. The van der Waals surface area contributed by atoms with E-state index in [-0.39, 0.29) is 11.8 Å². The predicted molar refractivity (Wildman–Crippen MR) is 113 cm³/mol. The van der Waals surface area contributed by atoms with Crippen molar-refractivity contribution in [2.24, 2.45) is 0 Å². The van der Waals surface area contributed by atoms with E-state index in [2.05, 4.69) is 58.4 Å². The fourth-order valence-electron chi connectivity index (χ4n) is 4.21. The zero-order chi connectivity index (χ0) is 19.8. The minimum absolute atomic E-state index is 0.0320. The van der Waals surface area contributed by atoms with Crippen molar-refractivity contribution in [3.8, 4) is 0 Å². The van der Waals surface area contributed by atoms with Crippen molar-refractivity contribution in [1.82, 2.24) is 9.72 Å². The number of amides is 1. The van der Waals surface area contributed by atoms with Crippen molar-refractivity contribution in [2.45, 2.75) is 46.6 Å². The molecule has 2 heterocycles. The molecular weight excluding hydrogens is 350 g/mol. The highest BCUT2D eigenvalue weighted by molar-refractivity contribution is 6.10. The van der Waals surface area contributed by atoms with Gasteiger partial charge in [0.25, 0.3) is 0 Å². The van der Waals surface area contributed by atoms with E-state index in [1.54, 1.807) is 0 Å². The van der Waals surface area contributed by atoms with E-state index in [1.807, 2.05) is 26.8 Å². The number of hydrogen-bond donors (Lipinski definition) is 1. The van der Waals surface area contributed by atoms with Crippen molar-refractivity contribution < 1.29 is 9.32 Å². The van der Waals surface area contributed by atoms with Crippen molar-refractivity contribution in [2.75, 3.05) is 5.32 Å². The molecule has 4 aromatic rings. The third-order valence-corrected chi connectivity index (χ3v) is 5.52. The van der Waals surface area contributed by atoms with Gasteiger partial charge in [0.15, 0.2) is 0 Å². The fourth-order valence-corrected chi connectivity index (χ4v) is 4.21. The van der Waals surface area contributed by atoms with Gasteiger partial charge in [-0.15, -0.1) is 0 Å². The van der Waals surface area contributed by atoms with E-state index < -0.39 is 0 Å². The molecule has 28 heavy (non-hydrogen) atoms. The molecule has 0 bridgehead atoms. The lowest BCUT2D eigenvalue weighted by Crippen LogP contribution is -2.21. The molecule has 0 aliphatic heterocycles. The smallest absolute Gasteiger partial charge is 0.232 e. The van der Waals surface area contributed by atoms with E-state index in [0.717, 1.165) is 28.9 Å². The van der Waals surface area contributed by atoms with Crippen LogP contribution in [0.2, 0.25) is 0 Å². The number of carbonyl (C=O) groups is 1. The summed E-state index contributed by atoms with van der Waals surface area (Å²) < 4.78 is 7.57. The number of nitrogens with zero attached hydrogens (tertiary/aromatic N) is 2. The van der Waals surface area contributed by atoms with Crippen LogP contribution >= 0.6 is 0 Å². The lowest BCUT2D eigenvalue weighted by molar-refractivity contribution is -0.117. The molecule has 0 saturated heterocycles. The third kappa shape index (κ3) is 2.87. The van der Waals surface area contributed by atoms with E-state index in [0.29, 0.717) is 12.2 Å². The predicted octanol–water partition coefficient (Wildman–Crippen LogP) is 5.55. The summed E-state index contributed by atoms with van der Waals surface area (Å²) in [7, 11) is 0. The second kappa shape index (κ2) is 7.15. The highest BCUT2D eigenvalue weighted by atomic mass is 16.5. The van der Waals surface area contributed by atoms with Gasteiger partial charge in [-0.05, 0) is 51.5 Å². The molecule has 0 radical (unpaired) electrons. The molecule has 5 heteroatoms. The quantitative estimate of drug-likeness (QED) is 0.497. The molecule has 144 valence electrons. The number of aromatic nitrogens is 2. The molecule has 0 fully saturated rings. The van der Waals surface area contributed by atoms with Crippen molar-refractivity contribution in [3.63, 3.8) is 0 Å². The van der Waals surface area contributed by atoms with Gasteiger partial charge in [-0.3, -0.25) is 4.79 Å². The van der Waals surface area contributed by atoms with E-state index in [9.17, 15) is 4.79 Å². The summed E-state index contributed by atoms with van der Waals surface area (Å²) >= 11 is 0. The monoisotopic (exact) mass is 375 g/mol. The van der Waals surface area contributed by atoms with Crippen LogP contribution in [0.4, 0.5) is 5.69 Å². The molecule has 0 aliphatic rings. The Balaban J connectivity index is 1.72. The van der Waals surface area contributed by atoms with Crippen LogP contribution in [-0.2, 0) is 11.3 Å². The number of anilines is 1. The number of hydrogen-bond acceptors (Lipinski definition) is 3. The number of rotatable bonds is 5. The molecule has 0 saturated carbocycles. The van der Waals surface area contributed by atoms with Crippen LogP contribution in [0.5, 0.6) is 0 Å². The Bertz CT molecular complexity index is 1150. The summed E-state index contributed by atoms with van der Waals surface area (Å²) in [5.41, 5.74) is 4.87. The van der Waals surface area contributed by atoms with Crippen LogP contribution in [0.1, 0.15) is 43.2 Å². The van der Waals surface area contributed by atoms with E-state index in [1.165, 1.54) is 16.4 Å². The first-order valence-electron chi connectivity index (χ1n) is 9.79. The lowest BCUT2D eigenvalue weighted by atomic mass is 9.94. The normalized spacial score (nSPS) is 12.6. The molecule has 0 spiro atoms. The number of nitrogens with one attached hydrogen (secondary N) is 1. The summed E-state index contributed by atoms with van der Waals surface area (Å²) in [5, 5.41) is 9.46. The Morgan fingerprint density at radius 2 is 1.86 bits per heavy atom. The van der Waals surface area contributed by atoms with E-state index >= 15 is 0 Å². The van der Waals surface area contributed by atoms with Gasteiger partial charge in [-0.2, -0.15) is 0 Å². The summed E-state index contributed by atoms with van der Waals surface area (Å²) in [6, 6.07) is 14.5. The number of benzene rings is 2. The van der Waals surface area contributed by atoms with Crippen molar-refractivity contribution in [1.29, 1.82) is 0 Å². The van der Waals surface area contributed by atoms with Gasteiger partial charge < -0.3 is 14.4 Å². The zero-order valence-corrected chi connectivity index (χ0v) is 16.7. The molecule has 2 aromatic heterocycles. The van der Waals surface area contributed by atoms with Crippen LogP contribution in [0.3, 0.4) is 0 Å². The lowest BCUT2D eigenvalue weighted by Gasteiger charge is -2.15. The minimum Gasteiger partial charge on any atom is -0.361 e. The van der Waals surface area contributed by atoms with Gasteiger partial charge in [0.05, 0.1) is 11.6 Å². The first-order valence-corrected chi connectivity index (χ1v) is 9.79. The SMILES string of the molecule is CC[C@H](C(=O)Nc1ccc2c(c1)c1ccccc1n2CC)c1c(C)noc1C. The first kappa shape index (κ1) is 18.3. The Morgan fingerprint density at radius 3 is 2.54 bits per heavy atom. The first-order chi connectivity index (χ1) is 13.5. The van der Waals surface area contributed by atoms with Gasteiger partial charge >= 0.3 is 0 Å². The van der Waals surface area contributed by atoms with Crippen LogP contribution in [-0.4, -0.2) is 15.6 Å². The van der Waals surface area contributed by atoms with Crippen LogP contribution in [0.25, 0.3) is 21.8 Å². The summed E-state index contributed by atoms with van der Waals surface area (Å²) in [4.78, 5) is 13.0. The molecule has 1 atom stereocenters. The Hall–Kier alpha value is -3.08. The highest BCUT2D eigenvalue weighted by Crippen LogP contribution is 2.32. The molecular formula is C23H25N3O2. The number of para-hydroxylation sites is 1. The second-order valence-corrected chi connectivity index (χ2v) is 7.18. The average molecular weight is 375 g/mol. The third-order valence-electron chi connectivity index (χ3n) is 5.52. The maximum Gasteiger partial charge on any atom is 0.232 e. The van der Waals surface area contributed by atoms with Gasteiger partial charge in [-0.25, -0.2) is 0 Å². The van der Waals surface area contributed by atoms with E-state index in [4.69, 9.17) is 4.52 Å². The van der Waals surface area contributed by atoms with Gasteiger partial charge in [0, 0.05) is 39.6 Å².